The summed E-state index contributed by atoms with van der Waals surface area (Å²) in [5.41, 5.74) is 1.54. The molecule has 1 atom stereocenters. The summed E-state index contributed by atoms with van der Waals surface area (Å²) in [5.74, 6) is 0.926. The summed E-state index contributed by atoms with van der Waals surface area (Å²) in [7, 11) is 0. The van der Waals surface area contributed by atoms with E-state index in [0.29, 0.717) is 26.3 Å². The van der Waals surface area contributed by atoms with Crippen LogP contribution in [-0.4, -0.2) is 68.0 Å². The number of piperidine rings is 1. The quantitative estimate of drug-likeness (QED) is 0.809. The Labute approximate surface area is 168 Å². The summed E-state index contributed by atoms with van der Waals surface area (Å²) < 4.78 is 17.7. The summed E-state index contributed by atoms with van der Waals surface area (Å²) >= 11 is 0. The smallest absolute Gasteiger partial charge is 0.253 e. The average Bonchev–Trinajstić information content (AvgIpc) is 2.68. The third-order valence-corrected chi connectivity index (χ3v) is 5.49. The maximum Gasteiger partial charge on any atom is 0.253 e. The zero-order valence-electron chi connectivity index (χ0n) is 17.6. The van der Waals surface area contributed by atoms with Crippen LogP contribution >= 0.6 is 0 Å². The minimum absolute atomic E-state index is 0.0867. The summed E-state index contributed by atoms with van der Waals surface area (Å²) in [4.78, 5) is 14.9. The highest BCUT2D eigenvalue weighted by molar-refractivity contribution is 5.94. The fourth-order valence-corrected chi connectivity index (χ4v) is 4.00. The molecule has 0 radical (unpaired) electrons. The molecule has 28 heavy (non-hydrogen) atoms. The number of nitrogens with one attached hydrogen (secondary N) is 1. The molecule has 0 saturated carbocycles. The number of likely N-dealkylation sites (tertiary alicyclic amines) is 1. The lowest BCUT2D eigenvalue weighted by Gasteiger charge is -2.46. The molecule has 1 spiro atoms. The predicted octanol–water partition coefficient (Wildman–Crippen LogP) is 2.78. The van der Waals surface area contributed by atoms with Crippen molar-refractivity contribution < 1.29 is 19.0 Å². The van der Waals surface area contributed by atoms with Crippen LogP contribution in [0.2, 0.25) is 0 Å². The zero-order valence-corrected chi connectivity index (χ0v) is 17.6. The van der Waals surface area contributed by atoms with Crippen molar-refractivity contribution in [2.75, 3.05) is 39.4 Å². The van der Waals surface area contributed by atoms with Gasteiger partial charge in [-0.1, -0.05) is 0 Å². The Morgan fingerprint density at radius 3 is 2.75 bits per heavy atom. The number of hydrogen-bond donors (Lipinski definition) is 1. The van der Waals surface area contributed by atoms with Crippen LogP contribution in [0, 0.1) is 6.92 Å². The highest BCUT2D eigenvalue weighted by atomic mass is 16.5. The first-order valence-electron chi connectivity index (χ1n) is 10.5. The number of amides is 1. The summed E-state index contributed by atoms with van der Waals surface area (Å²) in [5, 5.41) is 3.49. The second kappa shape index (κ2) is 9.25. The minimum Gasteiger partial charge on any atom is -0.491 e. The molecule has 2 fully saturated rings. The van der Waals surface area contributed by atoms with Gasteiger partial charge in [0.15, 0.2) is 0 Å². The van der Waals surface area contributed by atoms with Crippen LogP contribution < -0.4 is 10.1 Å². The standard InChI is InChI=1S/C22H34N2O4/c1-5-26-14-19-13-23-15-22(28-19)8-10-24(11-9-22)21(25)18-6-7-20(17(4)12-18)27-16(2)3/h6-7,12,16,19,23H,5,8-11,13-15H2,1-4H3. The van der Waals surface area contributed by atoms with Crippen LogP contribution in [0.5, 0.6) is 5.75 Å². The zero-order chi connectivity index (χ0) is 20.1. The highest BCUT2D eigenvalue weighted by Gasteiger charge is 2.41. The van der Waals surface area contributed by atoms with Crippen LogP contribution in [0.15, 0.2) is 18.2 Å². The van der Waals surface area contributed by atoms with E-state index in [4.69, 9.17) is 14.2 Å². The van der Waals surface area contributed by atoms with Crippen molar-refractivity contribution in [1.29, 1.82) is 0 Å². The van der Waals surface area contributed by atoms with Gasteiger partial charge in [-0.3, -0.25) is 4.79 Å². The lowest BCUT2D eigenvalue weighted by atomic mass is 9.89. The van der Waals surface area contributed by atoms with E-state index in [1.807, 2.05) is 50.8 Å². The molecule has 0 aliphatic carbocycles. The second-order valence-corrected chi connectivity index (χ2v) is 8.15. The summed E-state index contributed by atoms with van der Waals surface area (Å²) in [6.07, 6.45) is 1.91. The number of hydrogen-bond acceptors (Lipinski definition) is 5. The number of aryl methyl sites for hydroxylation is 1. The van der Waals surface area contributed by atoms with Gasteiger partial charge in [-0.25, -0.2) is 0 Å². The molecule has 0 aromatic heterocycles. The molecule has 1 N–H and O–H groups in total. The number of carbonyl (C=O) groups excluding carboxylic acids is 1. The lowest BCUT2D eigenvalue weighted by molar-refractivity contribution is -0.155. The molecular weight excluding hydrogens is 356 g/mol. The number of nitrogens with zero attached hydrogens (tertiary/aromatic N) is 1. The van der Waals surface area contributed by atoms with Gasteiger partial charge in [0.2, 0.25) is 0 Å². The Bertz CT molecular complexity index is 669. The molecule has 1 aromatic rings. The van der Waals surface area contributed by atoms with E-state index in [-0.39, 0.29) is 23.7 Å². The van der Waals surface area contributed by atoms with Gasteiger partial charge in [-0.05, 0) is 64.3 Å². The molecule has 0 bridgehead atoms. The minimum atomic E-state index is -0.179. The van der Waals surface area contributed by atoms with Crippen LogP contribution in [0.3, 0.4) is 0 Å². The number of ether oxygens (including phenoxy) is 3. The fraction of sp³-hybridized carbons (Fsp3) is 0.682. The van der Waals surface area contributed by atoms with Crippen molar-refractivity contribution in [3.05, 3.63) is 29.3 Å². The second-order valence-electron chi connectivity index (χ2n) is 8.15. The molecule has 1 unspecified atom stereocenters. The molecule has 1 aromatic carbocycles. The van der Waals surface area contributed by atoms with Gasteiger partial charge in [0.1, 0.15) is 5.75 Å². The van der Waals surface area contributed by atoms with E-state index in [1.165, 1.54) is 0 Å². The third kappa shape index (κ3) is 5.04. The van der Waals surface area contributed by atoms with Gasteiger partial charge >= 0.3 is 0 Å². The van der Waals surface area contributed by atoms with Crippen LogP contribution in [0.1, 0.15) is 49.5 Å². The van der Waals surface area contributed by atoms with Crippen molar-refractivity contribution in [2.45, 2.75) is 58.3 Å². The number of morpholine rings is 1. The average molecular weight is 391 g/mol. The molecular formula is C22H34N2O4. The van der Waals surface area contributed by atoms with Crippen LogP contribution in [0.4, 0.5) is 0 Å². The Morgan fingerprint density at radius 1 is 1.36 bits per heavy atom. The van der Waals surface area contributed by atoms with E-state index in [0.717, 1.165) is 42.8 Å². The molecule has 156 valence electrons. The van der Waals surface area contributed by atoms with Crippen molar-refractivity contribution in [2.24, 2.45) is 0 Å². The van der Waals surface area contributed by atoms with Crippen LogP contribution in [-0.2, 0) is 9.47 Å². The summed E-state index contributed by atoms with van der Waals surface area (Å²) in [6.45, 7) is 12.4. The van der Waals surface area contributed by atoms with Crippen molar-refractivity contribution in [3.63, 3.8) is 0 Å². The molecule has 2 heterocycles. The van der Waals surface area contributed by atoms with E-state index in [9.17, 15) is 4.79 Å². The normalized spacial score (nSPS) is 21.9. The van der Waals surface area contributed by atoms with E-state index >= 15 is 0 Å². The van der Waals surface area contributed by atoms with Crippen molar-refractivity contribution in [3.8, 4) is 5.75 Å². The fourth-order valence-electron chi connectivity index (χ4n) is 4.00. The molecule has 2 saturated heterocycles. The van der Waals surface area contributed by atoms with Gasteiger partial charge in [0.05, 0.1) is 24.4 Å². The monoisotopic (exact) mass is 390 g/mol. The molecule has 6 heteroatoms. The topological polar surface area (TPSA) is 60.0 Å². The predicted molar refractivity (Wildman–Crippen MR) is 109 cm³/mol. The lowest BCUT2D eigenvalue weighted by Crippen LogP contribution is -2.59. The Kier molecular flexibility index (Phi) is 6.96. The summed E-state index contributed by atoms with van der Waals surface area (Å²) in [6, 6.07) is 5.70. The van der Waals surface area contributed by atoms with Gasteiger partial charge in [-0.2, -0.15) is 0 Å². The van der Waals surface area contributed by atoms with Gasteiger partial charge in [0, 0.05) is 38.3 Å². The Balaban J connectivity index is 1.58. The van der Waals surface area contributed by atoms with Crippen molar-refractivity contribution in [1.82, 2.24) is 10.2 Å². The maximum absolute atomic E-state index is 13.0. The first-order valence-corrected chi connectivity index (χ1v) is 10.5. The van der Waals surface area contributed by atoms with Crippen LogP contribution in [0.25, 0.3) is 0 Å². The number of carbonyl (C=O) groups is 1. The molecule has 6 nitrogen and oxygen atoms in total. The van der Waals surface area contributed by atoms with E-state index in [1.54, 1.807) is 0 Å². The third-order valence-electron chi connectivity index (χ3n) is 5.49. The largest absolute Gasteiger partial charge is 0.491 e. The maximum atomic E-state index is 13.0. The Hall–Kier alpha value is -1.63. The molecule has 1 amide bonds. The molecule has 3 rings (SSSR count). The highest BCUT2D eigenvalue weighted by Crippen LogP contribution is 2.30. The van der Waals surface area contributed by atoms with Gasteiger partial charge in [0.25, 0.3) is 5.91 Å². The Morgan fingerprint density at radius 2 is 2.11 bits per heavy atom. The first-order chi connectivity index (χ1) is 13.4. The molecule has 2 aliphatic heterocycles. The number of benzene rings is 1. The first kappa shape index (κ1) is 21.1. The number of rotatable bonds is 6. The van der Waals surface area contributed by atoms with E-state index in [2.05, 4.69) is 5.32 Å². The van der Waals surface area contributed by atoms with Gasteiger partial charge in [-0.15, -0.1) is 0 Å². The SMILES string of the molecule is CCOCC1CNCC2(CCN(C(=O)c3ccc(OC(C)C)c(C)c3)CC2)O1. The van der Waals surface area contributed by atoms with E-state index < -0.39 is 0 Å². The van der Waals surface area contributed by atoms with Gasteiger partial charge < -0.3 is 24.4 Å². The van der Waals surface area contributed by atoms with Crippen molar-refractivity contribution >= 4 is 5.91 Å². The molecule has 2 aliphatic rings.